The van der Waals surface area contributed by atoms with Gasteiger partial charge < -0.3 is 10.5 Å². The number of ketones is 1. The van der Waals surface area contributed by atoms with Gasteiger partial charge in [0.25, 0.3) is 0 Å². The summed E-state index contributed by atoms with van der Waals surface area (Å²) < 4.78 is 33.2. The number of nitrogen functional groups attached to an aromatic ring is 1. The summed E-state index contributed by atoms with van der Waals surface area (Å²) in [5.41, 5.74) is 5.42. The lowest BCUT2D eigenvalue weighted by Crippen LogP contribution is -2.18. The van der Waals surface area contributed by atoms with Crippen molar-refractivity contribution in [3.63, 3.8) is 0 Å². The number of hydrogen-bond acceptors (Lipinski definition) is 5. The van der Waals surface area contributed by atoms with Crippen LogP contribution in [0.25, 0.3) is 0 Å². The Bertz CT molecular complexity index is 751. The van der Waals surface area contributed by atoms with Crippen LogP contribution in [0.1, 0.15) is 33.3 Å². The van der Waals surface area contributed by atoms with Gasteiger partial charge >= 0.3 is 5.97 Å². The summed E-state index contributed by atoms with van der Waals surface area (Å²) in [6.45, 7) is 3.02. The maximum absolute atomic E-state index is 13.5. The molecule has 0 bridgehead atoms. The van der Waals surface area contributed by atoms with E-state index in [1.165, 1.54) is 4.68 Å². The van der Waals surface area contributed by atoms with Crippen molar-refractivity contribution in [2.45, 2.75) is 20.4 Å². The van der Waals surface area contributed by atoms with E-state index in [4.69, 9.17) is 10.5 Å². The van der Waals surface area contributed by atoms with Crippen LogP contribution in [-0.2, 0) is 11.3 Å². The summed E-state index contributed by atoms with van der Waals surface area (Å²) in [5, 5.41) is 4.05. The number of carbonyl (C=O) groups is 2. The SMILES string of the molecule is CCn1nc(C)c(C(=O)OCC(=O)c2c(F)cccc2F)c1N. The third-order valence-electron chi connectivity index (χ3n) is 3.25. The van der Waals surface area contributed by atoms with E-state index in [0.29, 0.717) is 12.2 Å². The van der Waals surface area contributed by atoms with Crippen molar-refractivity contribution in [2.75, 3.05) is 12.3 Å². The van der Waals surface area contributed by atoms with Crippen molar-refractivity contribution in [3.8, 4) is 0 Å². The van der Waals surface area contributed by atoms with Crippen LogP contribution in [0.4, 0.5) is 14.6 Å². The highest BCUT2D eigenvalue weighted by atomic mass is 19.1. The van der Waals surface area contributed by atoms with Crippen molar-refractivity contribution in [3.05, 3.63) is 46.7 Å². The lowest BCUT2D eigenvalue weighted by Gasteiger charge is -2.06. The topological polar surface area (TPSA) is 87.2 Å². The minimum atomic E-state index is -1.01. The second-order valence-electron chi connectivity index (χ2n) is 4.76. The third kappa shape index (κ3) is 3.20. The third-order valence-corrected chi connectivity index (χ3v) is 3.25. The van der Waals surface area contributed by atoms with Gasteiger partial charge in [0.2, 0.25) is 5.78 Å². The monoisotopic (exact) mass is 323 g/mol. The smallest absolute Gasteiger partial charge is 0.344 e. The summed E-state index contributed by atoms with van der Waals surface area (Å²) in [7, 11) is 0. The van der Waals surface area contributed by atoms with Gasteiger partial charge in [-0.3, -0.25) is 4.79 Å². The number of aromatic nitrogens is 2. The van der Waals surface area contributed by atoms with E-state index in [9.17, 15) is 18.4 Å². The number of halogens is 2. The summed E-state index contributed by atoms with van der Waals surface area (Å²) in [5.74, 6) is -3.77. The minimum Gasteiger partial charge on any atom is -0.454 e. The normalized spacial score (nSPS) is 10.6. The van der Waals surface area contributed by atoms with Crippen molar-refractivity contribution >= 4 is 17.6 Å². The number of benzene rings is 1. The predicted octanol–water partition coefficient (Wildman–Crippen LogP) is 2.11. The van der Waals surface area contributed by atoms with Crippen LogP contribution < -0.4 is 5.73 Å². The first kappa shape index (κ1) is 16.6. The number of nitrogens with two attached hydrogens (primary N) is 1. The molecule has 0 saturated heterocycles. The zero-order valence-electron chi connectivity index (χ0n) is 12.6. The van der Waals surface area contributed by atoms with E-state index < -0.39 is 35.6 Å². The summed E-state index contributed by atoms with van der Waals surface area (Å²) in [6.07, 6.45) is 0. The molecule has 0 amide bonds. The molecule has 0 saturated carbocycles. The molecule has 0 aliphatic carbocycles. The van der Waals surface area contributed by atoms with E-state index in [-0.39, 0.29) is 11.4 Å². The van der Waals surface area contributed by atoms with Gasteiger partial charge in [0.05, 0.1) is 11.3 Å². The Morgan fingerprint density at radius 1 is 1.26 bits per heavy atom. The minimum absolute atomic E-state index is 0.0358. The number of hydrogen-bond donors (Lipinski definition) is 1. The number of aryl methyl sites for hydroxylation is 2. The molecule has 122 valence electrons. The van der Waals surface area contributed by atoms with E-state index in [1.54, 1.807) is 13.8 Å². The quantitative estimate of drug-likeness (QED) is 0.672. The number of carbonyl (C=O) groups excluding carboxylic acids is 2. The molecule has 1 aromatic carbocycles. The summed E-state index contributed by atoms with van der Waals surface area (Å²) >= 11 is 0. The Kier molecular flexibility index (Phi) is 4.73. The predicted molar refractivity (Wildman–Crippen MR) is 78.0 cm³/mol. The molecule has 1 heterocycles. The first-order valence-electron chi connectivity index (χ1n) is 6.84. The molecule has 0 aliphatic heterocycles. The van der Waals surface area contributed by atoms with Gasteiger partial charge in [-0.2, -0.15) is 5.10 Å². The Labute approximate surface area is 130 Å². The molecule has 0 radical (unpaired) electrons. The Morgan fingerprint density at radius 3 is 2.39 bits per heavy atom. The first-order chi connectivity index (χ1) is 10.9. The van der Waals surface area contributed by atoms with Crippen molar-refractivity contribution in [1.82, 2.24) is 9.78 Å². The van der Waals surface area contributed by atoms with Crippen LogP contribution in [-0.4, -0.2) is 28.1 Å². The number of nitrogens with zero attached hydrogens (tertiary/aromatic N) is 2. The molecule has 8 heteroatoms. The molecule has 0 unspecified atom stereocenters. The highest BCUT2D eigenvalue weighted by Gasteiger charge is 2.23. The number of esters is 1. The largest absolute Gasteiger partial charge is 0.454 e. The molecule has 0 fully saturated rings. The van der Waals surface area contributed by atoms with E-state index in [2.05, 4.69) is 5.10 Å². The lowest BCUT2D eigenvalue weighted by molar-refractivity contribution is 0.0472. The van der Waals surface area contributed by atoms with E-state index in [1.807, 2.05) is 0 Å². The first-order valence-corrected chi connectivity index (χ1v) is 6.84. The van der Waals surface area contributed by atoms with Crippen LogP contribution in [0.5, 0.6) is 0 Å². The van der Waals surface area contributed by atoms with Crippen LogP contribution in [0.15, 0.2) is 18.2 Å². The van der Waals surface area contributed by atoms with Crippen LogP contribution in [0, 0.1) is 18.6 Å². The average Bonchev–Trinajstić information content (AvgIpc) is 2.79. The highest BCUT2D eigenvalue weighted by molar-refractivity contribution is 6.01. The molecule has 0 spiro atoms. The lowest BCUT2D eigenvalue weighted by atomic mass is 10.1. The molecule has 0 aliphatic rings. The van der Waals surface area contributed by atoms with Gasteiger partial charge in [0.1, 0.15) is 23.0 Å². The molecule has 2 rings (SSSR count). The van der Waals surface area contributed by atoms with Gasteiger partial charge in [-0.25, -0.2) is 18.3 Å². The number of anilines is 1. The molecule has 2 N–H and O–H groups in total. The fourth-order valence-corrected chi connectivity index (χ4v) is 2.13. The standard InChI is InChI=1S/C15H15F2N3O3/c1-3-20-14(18)12(8(2)19-20)15(22)23-7-11(21)13-9(16)5-4-6-10(13)17/h4-6H,3,7,18H2,1-2H3. The van der Waals surface area contributed by atoms with Crippen LogP contribution >= 0.6 is 0 Å². The zero-order valence-corrected chi connectivity index (χ0v) is 12.6. The number of Topliss-reactive ketones (excluding diaryl/α,β-unsaturated/α-hetero) is 1. The maximum Gasteiger partial charge on any atom is 0.344 e. The fourth-order valence-electron chi connectivity index (χ4n) is 2.13. The van der Waals surface area contributed by atoms with Gasteiger partial charge in [0, 0.05) is 6.54 Å². The molecule has 23 heavy (non-hydrogen) atoms. The fraction of sp³-hybridized carbons (Fsp3) is 0.267. The van der Waals surface area contributed by atoms with E-state index >= 15 is 0 Å². The average molecular weight is 323 g/mol. The van der Waals surface area contributed by atoms with Crippen molar-refractivity contribution in [2.24, 2.45) is 0 Å². The summed E-state index contributed by atoms with van der Waals surface area (Å²) in [6, 6.07) is 3.04. The second-order valence-corrected chi connectivity index (χ2v) is 4.76. The van der Waals surface area contributed by atoms with Gasteiger partial charge in [-0.05, 0) is 26.0 Å². The maximum atomic E-state index is 13.5. The second kappa shape index (κ2) is 6.55. The molecule has 2 aromatic rings. The van der Waals surface area contributed by atoms with E-state index in [0.717, 1.165) is 18.2 Å². The van der Waals surface area contributed by atoms with Gasteiger partial charge in [-0.1, -0.05) is 6.07 Å². The molecular formula is C15H15F2N3O3. The van der Waals surface area contributed by atoms with Crippen LogP contribution in [0.3, 0.4) is 0 Å². The zero-order chi connectivity index (χ0) is 17.1. The number of rotatable bonds is 5. The van der Waals surface area contributed by atoms with Crippen molar-refractivity contribution in [1.29, 1.82) is 0 Å². The number of ether oxygens (including phenoxy) is 1. The van der Waals surface area contributed by atoms with Crippen molar-refractivity contribution < 1.29 is 23.1 Å². The Hall–Kier alpha value is -2.77. The summed E-state index contributed by atoms with van der Waals surface area (Å²) in [4.78, 5) is 23.9. The Balaban J connectivity index is 2.14. The Morgan fingerprint density at radius 2 is 1.87 bits per heavy atom. The molecule has 6 nitrogen and oxygen atoms in total. The van der Waals surface area contributed by atoms with Gasteiger partial charge in [0.15, 0.2) is 6.61 Å². The molecule has 1 aromatic heterocycles. The molecule has 0 atom stereocenters. The molecular weight excluding hydrogens is 308 g/mol. The van der Waals surface area contributed by atoms with Crippen LogP contribution in [0.2, 0.25) is 0 Å². The van der Waals surface area contributed by atoms with Gasteiger partial charge in [-0.15, -0.1) is 0 Å². The highest BCUT2D eigenvalue weighted by Crippen LogP contribution is 2.18.